The molecule has 0 aliphatic rings. The zero-order chi connectivity index (χ0) is 17.0. The van der Waals surface area contributed by atoms with Gasteiger partial charge >= 0.3 is 0 Å². The maximum absolute atomic E-state index is 12.1. The van der Waals surface area contributed by atoms with Gasteiger partial charge in [0.15, 0.2) is 0 Å². The molecule has 0 spiro atoms. The fraction of sp³-hybridized carbons (Fsp3) is 0.312. The van der Waals surface area contributed by atoms with Crippen LogP contribution in [-0.2, 0) is 11.8 Å². The minimum absolute atomic E-state index is 0.135. The summed E-state index contributed by atoms with van der Waals surface area (Å²) in [5, 5.41) is 9.31. The molecule has 0 bridgehead atoms. The lowest BCUT2D eigenvalue weighted by Gasteiger charge is -2.08. The number of anilines is 1. The van der Waals surface area contributed by atoms with E-state index in [1.165, 1.54) is 18.0 Å². The van der Waals surface area contributed by atoms with Crippen molar-refractivity contribution >= 4 is 17.5 Å². The first-order chi connectivity index (χ1) is 10.9. The van der Waals surface area contributed by atoms with Crippen molar-refractivity contribution in [1.82, 2.24) is 15.1 Å². The summed E-state index contributed by atoms with van der Waals surface area (Å²) in [6.07, 6.45) is 1.54. The van der Waals surface area contributed by atoms with Crippen molar-refractivity contribution in [2.75, 3.05) is 19.0 Å². The minimum Gasteiger partial charge on any atom is -0.479 e. The lowest BCUT2D eigenvalue weighted by atomic mass is 10.1. The highest BCUT2D eigenvalue weighted by Crippen LogP contribution is 2.15. The second kappa shape index (κ2) is 6.95. The Morgan fingerprint density at radius 1 is 1.22 bits per heavy atom. The van der Waals surface area contributed by atoms with Crippen LogP contribution in [0.1, 0.15) is 21.5 Å². The van der Waals surface area contributed by atoms with Crippen molar-refractivity contribution in [3.63, 3.8) is 0 Å². The van der Waals surface area contributed by atoms with Crippen molar-refractivity contribution in [3.8, 4) is 5.88 Å². The van der Waals surface area contributed by atoms with Crippen LogP contribution in [0.5, 0.6) is 5.88 Å². The molecule has 2 aromatic rings. The molecule has 23 heavy (non-hydrogen) atoms. The molecule has 2 rings (SSSR count). The highest BCUT2D eigenvalue weighted by Gasteiger charge is 2.17. The molecule has 1 aromatic carbocycles. The van der Waals surface area contributed by atoms with E-state index in [1.807, 2.05) is 32.0 Å². The Hall–Kier alpha value is -2.83. The smallest absolute Gasteiger partial charge is 0.258 e. The molecule has 0 atom stereocenters. The van der Waals surface area contributed by atoms with Crippen molar-refractivity contribution in [2.45, 2.75) is 13.8 Å². The topological polar surface area (TPSA) is 85.2 Å². The Labute approximate surface area is 134 Å². The second-order valence-corrected chi connectivity index (χ2v) is 5.33. The van der Waals surface area contributed by atoms with Crippen LogP contribution in [0.3, 0.4) is 0 Å². The summed E-state index contributed by atoms with van der Waals surface area (Å²) >= 11 is 0. The van der Waals surface area contributed by atoms with E-state index in [-0.39, 0.29) is 23.9 Å². The van der Waals surface area contributed by atoms with Gasteiger partial charge in [0, 0.05) is 18.9 Å². The quantitative estimate of drug-likeness (QED) is 0.873. The Morgan fingerprint density at radius 3 is 2.48 bits per heavy atom. The third kappa shape index (κ3) is 4.32. The summed E-state index contributed by atoms with van der Waals surface area (Å²) < 4.78 is 6.50. The minimum atomic E-state index is -0.412. The van der Waals surface area contributed by atoms with E-state index >= 15 is 0 Å². The second-order valence-electron chi connectivity index (χ2n) is 5.33. The first-order valence-corrected chi connectivity index (χ1v) is 7.13. The fourth-order valence-electron chi connectivity index (χ4n) is 2.28. The Kier molecular flexibility index (Phi) is 5.00. The number of amides is 2. The van der Waals surface area contributed by atoms with E-state index in [2.05, 4.69) is 15.7 Å². The number of carbonyl (C=O) groups excluding carboxylic acids is 2. The normalized spacial score (nSPS) is 10.3. The third-order valence-corrected chi connectivity index (χ3v) is 3.15. The highest BCUT2D eigenvalue weighted by molar-refractivity contribution is 6.00. The predicted octanol–water partition coefficient (Wildman–Crippen LogP) is 1.41. The average Bonchev–Trinajstić information content (AvgIpc) is 2.85. The number of carbonyl (C=O) groups is 2. The SMILES string of the molecule is COc1nn(C)cc1C(=O)NCC(=O)Nc1cc(C)cc(C)c1. The summed E-state index contributed by atoms with van der Waals surface area (Å²) in [6, 6.07) is 5.76. The number of aryl methyl sites for hydroxylation is 3. The molecular weight excluding hydrogens is 296 g/mol. The zero-order valence-electron chi connectivity index (χ0n) is 13.6. The van der Waals surface area contributed by atoms with Gasteiger partial charge in [0.05, 0.1) is 13.7 Å². The van der Waals surface area contributed by atoms with E-state index in [0.29, 0.717) is 5.69 Å². The summed E-state index contributed by atoms with van der Waals surface area (Å²) in [5.74, 6) is -0.489. The molecule has 0 fully saturated rings. The summed E-state index contributed by atoms with van der Waals surface area (Å²) in [7, 11) is 3.12. The van der Waals surface area contributed by atoms with Gasteiger partial charge in [-0.3, -0.25) is 14.3 Å². The van der Waals surface area contributed by atoms with E-state index in [0.717, 1.165) is 11.1 Å². The number of nitrogens with zero attached hydrogens (tertiary/aromatic N) is 2. The van der Waals surface area contributed by atoms with Gasteiger partial charge in [0.25, 0.3) is 5.91 Å². The molecule has 1 heterocycles. The summed E-state index contributed by atoms with van der Waals surface area (Å²) in [6.45, 7) is 3.78. The maximum Gasteiger partial charge on any atom is 0.258 e. The van der Waals surface area contributed by atoms with Crippen molar-refractivity contribution in [1.29, 1.82) is 0 Å². The Bertz CT molecular complexity index is 717. The number of aromatic nitrogens is 2. The molecule has 0 aliphatic carbocycles. The van der Waals surface area contributed by atoms with E-state index in [4.69, 9.17) is 4.74 Å². The standard InChI is InChI=1S/C16H20N4O3/c1-10-5-11(2)7-12(6-10)18-14(21)8-17-15(22)13-9-20(3)19-16(13)23-4/h5-7,9H,8H2,1-4H3,(H,17,22)(H,18,21). The molecule has 0 unspecified atom stereocenters. The average molecular weight is 316 g/mol. The number of rotatable bonds is 5. The van der Waals surface area contributed by atoms with Gasteiger partial charge in [-0.15, -0.1) is 5.10 Å². The molecule has 7 nitrogen and oxygen atoms in total. The lowest BCUT2D eigenvalue weighted by Crippen LogP contribution is -2.32. The zero-order valence-corrected chi connectivity index (χ0v) is 13.6. The predicted molar refractivity (Wildman–Crippen MR) is 86.6 cm³/mol. The monoisotopic (exact) mass is 316 g/mol. The van der Waals surface area contributed by atoms with Crippen LogP contribution in [0, 0.1) is 13.8 Å². The first kappa shape index (κ1) is 16.5. The molecular formula is C16H20N4O3. The summed E-state index contributed by atoms with van der Waals surface area (Å²) in [5.41, 5.74) is 3.11. The van der Waals surface area contributed by atoms with Gasteiger partial charge in [-0.2, -0.15) is 0 Å². The molecule has 122 valence electrons. The van der Waals surface area contributed by atoms with Gasteiger partial charge in [-0.05, 0) is 37.1 Å². The Balaban J connectivity index is 1.94. The van der Waals surface area contributed by atoms with E-state index in [9.17, 15) is 9.59 Å². The van der Waals surface area contributed by atoms with Gasteiger partial charge in [-0.25, -0.2) is 0 Å². The van der Waals surface area contributed by atoms with Crippen LogP contribution < -0.4 is 15.4 Å². The van der Waals surface area contributed by atoms with Crippen LogP contribution >= 0.6 is 0 Å². The van der Waals surface area contributed by atoms with Gasteiger partial charge < -0.3 is 15.4 Å². The van der Waals surface area contributed by atoms with Gasteiger partial charge in [0.1, 0.15) is 5.56 Å². The molecule has 2 N–H and O–H groups in total. The molecule has 2 amide bonds. The van der Waals surface area contributed by atoms with Crippen LogP contribution in [0.25, 0.3) is 0 Å². The fourth-order valence-corrected chi connectivity index (χ4v) is 2.28. The molecule has 0 radical (unpaired) electrons. The van der Waals surface area contributed by atoms with Crippen molar-refractivity contribution < 1.29 is 14.3 Å². The van der Waals surface area contributed by atoms with E-state index < -0.39 is 5.91 Å². The first-order valence-electron chi connectivity index (χ1n) is 7.13. The maximum atomic E-state index is 12.1. The van der Waals surface area contributed by atoms with Gasteiger partial charge in [0.2, 0.25) is 11.8 Å². The summed E-state index contributed by atoms with van der Waals surface area (Å²) in [4.78, 5) is 24.0. The molecule has 0 saturated carbocycles. The number of methoxy groups -OCH3 is 1. The molecule has 0 aliphatic heterocycles. The van der Waals surface area contributed by atoms with Crippen molar-refractivity contribution in [3.05, 3.63) is 41.1 Å². The van der Waals surface area contributed by atoms with Crippen LogP contribution in [-0.4, -0.2) is 35.2 Å². The lowest BCUT2D eigenvalue weighted by molar-refractivity contribution is -0.115. The van der Waals surface area contributed by atoms with Crippen molar-refractivity contribution in [2.24, 2.45) is 7.05 Å². The number of nitrogens with one attached hydrogen (secondary N) is 2. The van der Waals surface area contributed by atoms with Crippen LogP contribution in [0.4, 0.5) is 5.69 Å². The van der Waals surface area contributed by atoms with Crippen LogP contribution in [0.15, 0.2) is 24.4 Å². The molecule has 7 heteroatoms. The number of hydrogen-bond donors (Lipinski definition) is 2. The van der Waals surface area contributed by atoms with E-state index in [1.54, 1.807) is 7.05 Å². The molecule has 1 aromatic heterocycles. The number of ether oxygens (including phenoxy) is 1. The highest BCUT2D eigenvalue weighted by atomic mass is 16.5. The van der Waals surface area contributed by atoms with Crippen LogP contribution in [0.2, 0.25) is 0 Å². The largest absolute Gasteiger partial charge is 0.479 e. The third-order valence-electron chi connectivity index (χ3n) is 3.15. The molecule has 0 saturated heterocycles. The number of hydrogen-bond acceptors (Lipinski definition) is 4. The Morgan fingerprint density at radius 2 is 1.87 bits per heavy atom. The number of benzene rings is 1. The van der Waals surface area contributed by atoms with Gasteiger partial charge in [-0.1, -0.05) is 6.07 Å².